The summed E-state index contributed by atoms with van der Waals surface area (Å²) < 4.78 is 1.60. The third-order valence-corrected chi connectivity index (χ3v) is 5.56. The molecular formula is C16H23ClN4O3. The molecular weight excluding hydrogens is 332 g/mol. The Balaban J connectivity index is 1.66. The molecule has 0 spiro atoms. The molecule has 0 aromatic carbocycles. The molecule has 1 amide bonds. The second-order valence-corrected chi connectivity index (χ2v) is 7.23. The lowest BCUT2D eigenvalue weighted by Crippen LogP contribution is -2.41. The lowest BCUT2D eigenvalue weighted by molar-refractivity contribution is -0.137. The van der Waals surface area contributed by atoms with E-state index in [2.05, 4.69) is 15.3 Å². The van der Waals surface area contributed by atoms with E-state index in [1.54, 1.807) is 11.7 Å². The molecule has 1 aliphatic heterocycles. The number of aryl methyl sites for hydroxylation is 1. The Morgan fingerprint density at radius 3 is 2.62 bits per heavy atom. The summed E-state index contributed by atoms with van der Waals surface area (Å²) in [6.07, 6.45) is 2.50. The van der Waals surface area contributed by atoms with Crippen LogP contribution in [0, 0.1) is 18.8 Å². The molecule has 2 aliphatic rings. The molecule has 2 N–H and O–H groups in total. The molecule has 1 saturated carbocycles. The number of amides is 1. The first-order chi connectivity index (χ1) is 11.4. The predicted molar refractivity (Wildman–Crippen MR) is 89.1 cm³/mol. The van der Waals surface area contributed by atoms with Gasteiger partial charge in [-0.3, -0.25) is 14.3 Å². The van der Waals surface area contributed by atoms with E-state index in [-0.39, 0.29) is 24.1 Å². The summed E-state index contributed by atoms with van der Waals surface area (Å²) in [5.74, 6) is -0.0296. The Bertz CT molecular complexity index is 656. The second-order valence-electron chi connectivity index (χ2n) is 6.86. The van der Waals surface area contributed by atoms with Crippen LogP contribution in [0.1, 0.15) is 35.4 Å². The van der Waals surface area contributed by atoms with Crippen LogP contribution in [0.3, 0.4) is 0 Å². The zero-order chi connectivity index (χ0) is 17.4. The van der Waals surface area contributed by atoms with Gasteiger partial charge in [-0.15, -0.1) is 0 Å². The molecule has 1 aromatic rings. The van der Waals surface area contributed by atoms with Crippen LogP contribution in [-0.2, 0) is 11.8 Å². The second kappa shape index (κ2) is 6.72. The van der Waals surface area contributed by atoms with Gasteiger partial charge in [-0.05, 0) is 31.6 Å². The standard InChI is InChI=1S/C16H23ClN4O3/c1-9-14(17)15(19-20(9)2)16(24)18-12-8-21(6-5-13(22)23)7-11(12)10-3-4-10/h10-12H,3-8H2,1-2H3,(H,18,24)(H,22,23)/t11-,12+/m0/s1. The summed E-state index contributed by atoms with van der Waals surface area (Å²) >= 11 is 6.20. The third kappa shape index (κ3) is 3.57. The summed E-state index contributed by atoms with van der Waals surface area (Å²) in [5.41, 5.74) is 1.02. The number of carboxylic acids is 1. The number of aliphatic carboxylic acids is 1. The summed E-state index contributed by atoms with van der Waals surface area (Å²) in [6, 6.07) is 0.0252. The predicted octanol–water partition coefficient (Wildman–Crippen LogP) is 1.30. The van der Waals surface area contributed by atoms with Crippen LogP contribution in [-0.4, -0.2) is 57.3 Å². The van der Waals surface area contributed by atoms with Gasteiger partial charge < -0.3 is 15.3 Å². The number of nitrogens with one attached hydrogen (secondary N) is 1. The van der Waals surface area contributed by atoms with Crippen LogP contribution in [0.25, 0.3) is 0 Å². The third-order valence-electron chi connectivity index (χ3n) is 5.10. The van der Waals surface area contributed by atoms with Gasteiger partial charge in [0.25, 0.3) is 5.91 Å². The Labute approximate surface area is 146 Å². The van der Waals surface area contributed by atoms with Gasteiger partial charge in [0, 0.05) is 32.7 Å². The first kappa shape index (κ1) is 17.2. The van der Waals surface area contributed by atoms with Crippen molar-refractivity contribution in [3.63, 3.8) is 0 Å². The summed E-state index contributed by atoms with van der Waals surface area (Å²) in [4.78, 5) is 25.5. The minimum Gasteiger partial charge on any atom is -0.481 e. The summed E-state index contributed by atoms with van der Waals surface area (Å²) in [5, 5.41) is 16.5. The van der Waals surface area contributed by atoms with E-state index in [9.17, 15) is 9.59 Å². The molecule has 132 valence electrons. The first-order valence-corrected chi connectivity index (χ1v) is 8.68. The van der Waals surface area contributed by atoms with E-state index in [1.807, 2.05) is 6.92 Å². The fourth-order valence-electron chi connectivity index (χ4n) is 3.47. The van der Waals surface area contributed by atoms with Crippen molar-refractivity contribution in [2.75, 3.05) is 19.6 Å². The number of nitrogens with zero attached hydrogens (tertiary/aromatic N) is 3. The van der Waals surface area contributed by atoms with Crippen LogP contribution in [0.5, 0.6) is 0 Å². The van der Waals surface area contributed by atoms with Gasteiger partial charge in [0.15, 0.2) is 5.69 Å². The number of hydrogen-bond acceptors (Lipinski definition) is 4. The highest BCUT2D eigenvalue weighted by Gasteiger charge is 2.43. The smallest absolute Gasteiger partial charge is 0.304 e. The molecule has 0 radical (unpaired) electrons. The topological polar surface area (TPSA) is 87.5 Å². The summed E-state index contributed by atoms with van der Waals surface area (Å²) in [6.45, 7) is 3.87. The van der Waals surface area contributed by atoms with E-state index in [4.69, 9.17) is 16.7 Å². The Morgan fingerprint density at radius 2 is 2.08 bits per heavy atom. The molecule has 1 aliphatic carbocycles. The zero-order valence-electron chi connectivity index (χ0n) is 14.0. The zero-order valence-corrected chi connectivity index (χ0v) is 14.7. The minimum absolute atomic E-state index is 0.0252. The number of halogens is 1. The van der Waals surface area contributed by atoms with Crippen molar-refractivity contribution in [1.29, 1.82) is 0 Å². The molecule has 2 fully saturated rings. The highest BCUT2D eigenvalue weighted by molar-refractivity contribution is 6.34. The van der Waals surface area contributed by atoms with E-state index in [0.29, 0.717) is 29.9 Å². The van der Waals surface area contributed by atoms with Crippen molar-refractivity contribution in [3.05, 3.63) is 16.4 Å². The Hall–Kier alpha value is -1.60. The van der Waals surface area contributed by atoms with Crippen molar-refractivity contribution in [2.45, 2.75) is 32.2 Å². The van der Waals surface area contributed by atoms with Gasteiger partial charge in [-0.25, -0.2) is 0 Å². The largest absolute Gasteiger partial charge is 0.481 e. The number of aromatic nitrogens is 2. The van der Waals surface area contributed by atoms with Crippen molar-refractivity contribution >= 4 is 23.5 Å². The molecule has 1 aromatic heterocycles. The number of carboxylic acid groups (broad SMARTS) is 1. The van der Waals surface area contributed by atoms with Crippen molar-refractivity contribution < 1.29 is 14.7 Å². The fourth-order valence-corrected chi connectivity index (χ4v) is 3.71. The average Bonchev–Trinajstić information content (AvgIpc) is 3.25. The number of likely N-dealkylation sites (tertiary alicyclic amines) is 1. The molecule has 8 heteroatoms. The maximum atomic E-state index is 12.6. The van der Waals surface area contributed by atoms with E-state index >= 15 is 0 Å². The number of rotatable bonds is 6. The molecule has 2 heterocycles. The average molecular weight is 355 g/mol. The molecule has 7 nitrogen and oxygen atoms in total. The molecule has 3 rings (SSSR count). The molecule has 0 unspecified atom stereocenters. The lowest BCUT2D eigenvalue weighted by Gasteiger charge is -2.19. The van der Waals surface area contributed by atoms with Crippen molar-refractivity contribution in [1.82, 2.24) is 20.0 Å². The Kier molecular flexibility index (Phi) is 4.83. The number of carbonyl (C=O) groups is 2. The lowest BCUT2D eigenvalue weighted by atomic mass is 9.98. The van der Waals surface area contributed by atoms with Crippen LogP contribution in [0.15, 0.2) is 0 Å². The van der Waals surface area contributed by atoms with Crippen molar-refractivity contribution in [3.8, 4) is 0 Å². The molecule has 0 bridgehead atoms. The summed E-state index contributed by atoms with van der Waals surface area (Å²) in [7, 11) is 1.76. The minimum atomic E-state index is -0.791. The normalized spacial score (nSPS) is 24.3. The molecule has 2 atom stereocenters. The first-order valence-electron chi connectivity index (χ1n) is 8.31. The monoisotopic (exact) mass is 354 g/mol. The fraction of sp³-hybridized carbons (Fsp3) is 0.688. The number of carbonyl (C=O) groups excluding carboxylic acids is 1. The van der Waals surface area contributed by atoms with E-state index < -0.39 is 5.97 Å². The van der Waals surface area contributed by atoms with Gasteiger partial charge in [-0.2, -0.15) is 5.10 Å². The van der Waals surface area contributed by atoms with E-state index in [0.717, 1.165) is 12.2 Å². The maximum absolute atomic E-state index is 12.6. The SMILES string of the molecule is Cc1c(Cl)c(C(=O)N[C@@H]2CN(CCC(=O)O)C[C@H]2C2CC2)nn1C. The van der Waals surface area contributed by atoms with Crippen molar-refractivity contribution in [2.24, 2.45) is 18.9 Å². The van der Waals surface area contributed by atoms with Gasteiger partial charge in [0.05, 0.1) is 17.1 Å². The van der Waals surface area contributed by atoms with Gasteiger partial charge in [-0.1, -0.05) is 11.6 Å². The van der Waals surface area contributed by atoms with E-state index in [1.165, 1.54) is 12.8 Å². The highest BCUT2D eigenvalue weighted by atomic mass is 35.5. The highest BCUT2D eigenvalue weighted by Crippen LogP contribution is 2.41. The Morgan fingerprint density at radius 1 is 1.38 bits per heavy atom. The molecule has 1 saturated heterocycles. The quantitative estimate of drug-likeness (QED) is 0.804. The van der Waals surface area contributed by atoms with Crippen LogP contribution in [0.4, 0.5) is 0 Å². The van der Waals surface area contributed by atoms with Crippen LogP contribution < -0.4 is 5.32 Å². The van der Waals surface area contributed by atoms with Gasteiger partial charge in [0.2, 0.25) is 0 Å². The van der Waals surface area contributed by atoms with Gasteiger partial charge >= 0.3 is 5.97 Å². The van der Waals surface area contributed by atoms with Crippen LogP contribution >= 0.6 is 11.6 Å². The van der Waals surface area contributed by atoms with Crippen LogP contribution in [0.2, 0.25) is 5.02 Å². The van der Waals surface area contributed by atoms with Gasteiger partial charge in [0.1, 0.15) is 0 Å². The number of hydrogen-bond donors (Lipinski definition) is 2. The maximum Gasteiger partial charge on any atom is 0.304 e. The molecule has 24 heavy (non-hydrogen) atoms.